The molecule has 0 radical (unpaired) electrons. The van der Waals surface area contributed by atoms with Crippen LogP contribution in [-0.4, -0.2) is 18.3 Å². The van der Waals surface area contributed by atoms with Crippen molar-refractivity contribution >= 4 is 0 Å². The molecule has 0 spiro atoms. The second-order valence-electron chi connectivity index (χ2n) is 2.27. The Labute approximate surface area is 55.0 Å². The molecule has 0 aromatic carbocycles. The molecule has 0 saturated carbocycles. The quantitative estimate of drug-likeness (QED) is 0.376. The SMILES string of the molecule is CCC(N)C(N)(N)C[O-]. The third-order valence-electron chi connectivity index (χ3n) is 1.38. The minimum absolute atomic E-state index is 0.394. The summed E-state index contributed by atoms with van der Waals surface area (Å²) in [6.45, 7) is 1.32. The molecular weight excluding hydrogens is 118 g/mol. The summed E-state index contributed by atoms with van der Waals surface area (Å²) in [6.07, 6.45) is 0.634. The van der Waals surface area contributed by atoms with Gasteiger partial charge in [0.05, 0.1) is 5.66 Å². The summed E-state index contributed by atoms with van der Waals surface area (Å²) in [5.74, 6) is 0. The van der Waals surface area contributed by atoms with Crippen molar-refractivity contribution in [3.63, 3.8) is 0 Å². The lowest BCUT2D eigenvalue weighted by Crippen LogP contribution is -2.67. The van der Waals surface area contributed by atoms with E-state index in [1.54, 1.807) is 0 Å². The summed E-state index contributed by atoms with van der Waals surface area (Å²) in [4.78, 5) is 0. The van der Waals surface area contributed by atoms with Gasteiger partial charge in [-0.3, -0.25) is 0 Å². The van der Waals surface area contributed by atoms with E-state index in [0.717, 1.165) is 0 Å². The Hall–Kier alpha value is -0.160. The molecule has 0 amide bonds. The molecule has 0 fully saturated rings. The Morgan fingerprint density at radius 1 is 1.56 bits per heavy atom. The maximum atomic E-state index is 10.2. The first-order chi connectivity index (χ1) is 4.04. The largest absolute Gasteiger partial charge is 0.852 e. The fraction of sp³-hybridized carbons (Fsp3) is 1.00. The first-order valence-corrected chi connectivity index (χ1v) is 2.96. The Bertz CT molecular complexity index is 84.3. The van der Waals surface area contributed by atoms with Crippen molar-refractivity contribution in [3.05, 3.63) is 0 Å². The van der Waals surface area contributed by atoms with Crippen LogP contribution < -0.4 is 22.3 Å². The van der Waals surface area contributed by atoms with E-state index in [-0.39, 0.29) is 0 Å². The van der Waals surface area contributed by atoms with Gasteiger partial charge in [-0.1, -0.05) is 6.92 Å². The summed E-state index contributed by atoms with van der Waals surface area (Å²) in [5, 5.41) is 10.2. The van der Waals surface area contributed by atoms with Crippen molar-refractivity contribution in [1.29, 1.82) is 0 Å². The summed E-state index contributed by atoms with van der Waals surface area (Å²) in [6, 6.07) is -0.394. The fourth-order valence-electron chi connectivity index (χ4n) is 0.487. The molecule has 4 nitrogen and oxygen atoms in total. The van der Waals surface area contributed by atoms with E-state index in [0.29, 0.717) is 6.42 Å². The van der Waals surface area contributed by atoms with Crippen LogP contribution in [0.5, 0.6) is 0 Å². The number of rotatable bonds is 3. The van der Waals surface area contributed by atoms with Gasteiger partial charge in [0.15, 0.2) is 0 Å². The van der Waals surface area contributed by atoms with Gasteiger partial charge < -0.3 is 22.3 Å². The molecule has 0 aliphatic heterocycles. The first kappa shape index (κ1) is 8.84. The highest BCUT2D eigenvalue weighted by Crippen LogP contribution is 1.97. The smallest absolute Gasteiger partial charge is 0.0635 e. The molecule has 1 atom stereocenters. The minimum Gasteiger partial charge on any atom is -0.852 e. The summed E-state index contributed by atoms with van der Waals surface area (Å²) < 4.78 is 0. The Morgan fingerprint density at radius 2 is 2.00 bits per heavy atom. The standard InChI is InChI=1S/C5H14N3O/c1-2-4(6)5(7,8)3-9/h4H,2-3,6-8H2,1H3/q-1. The van der Waals surface area contributed by atoms with Crippen molar-refractivity contribution < 1.29 is 5.11 Å². The Kier molecular flexibility index (Phi) is 3.07. The van der Waals surface area contributed by atoms with Crippen LogP contribution in [0.25, 0.3) is 0 Å². The van der Waals surface area contributed by atoms with Crippen molar-refractivity contribution in [2.24, 2.45) is 17.2 Å². The molecule has 56 valence electrons. The molecule has 4 heteroatoms. The molecule has 0 aromatic heterocycles. The van der Waals surface area contributed by atoms with Gasteiger partial charge in [-0.25, -0.2) is 0 Å². The van der Waals surface area contributed by atoms with E-state index in [9.17, 15) is 5.11 Å². The fourth-order valence-corrected chi connectivity index (χ4v) is 0.487. The molecule has 0 aliphatic rings. The summed E-state index contributed by atoms with van der Waals surface area (Å²) in [5.41, 5.74) is 14.8. The van der Waals surface area contributed by atoms with Gasteiger partial charge in [-0.2, -0.15) is 0 Å². The molecule has 0 aromatic rings. The van der Waals surface area contributed by atoms with Crippen LogP contribution in [0.4, 0.5) is 0 Å². The molecule has 9 heavy (non-hydrogen) atoms. The average Bonchev–Trinajstić information content (AvgIpc) is 1.86. The highest BCUT2D eigenvalue weighted by atomic mass is 16.3. The van der Waals surface area contributed by atoms with Gasteiger partial charge in [0.2, 0.25) is 0 Å². The lowest BCUT2D eigenvalue weighted by Gasteiger charge is -2.33. The monoisotopic (exact) mass is 132 g/mol. The zero-order chi connectivity index (χ0) is 7.49. The topological polar surface area (TPSA) is 101 Å². The molecule has 6 N–H and O–H groups in total. The van der Waals surface area contributed by atoms with Crippen LogP contribution in [0.2, 0.25) is 0 Å². The molecule has 0 aliphatic carbocycles. The molecular formula is C5H14N3O-. The van der Waals surface area contributed by atoms with Crippen LogP contribution >= 0.6 is 0 Å². The zero-order valence-corrected chi connectivity index (χ0v) is 5.63. The van der Waals surface area contributed by atoms with Gasteiger partial charge in [-0.05, 0) is 6.42 Å². The molecule has 1 unspecified atom stereocenters. The lowest BCUT2D eigenvalue weighted by molar-refractivity contribution is -0.382. The number of nitrogens with two attached hydrogens (primary N) is 3. The first-order valence-electron chi connectivity index (χ1n) is 2.96. The van der Waals surface area contributed by atoms with Crippen LogP contribution in [0.1, 0.15) is 13.3 Å². The van der Waals surface area contributed by atoms with E-state index >= 15 is 0 Å². The van der Waals surface area contributed by atoms with E-state index in [4.69, 9.17) is 17.2 Å². The minimum atomic E-state index is -1.23. The van der Waals surface area contributed by atoms with Gasteiger partial charge >= 0.3 is 0 Å². The molecule has 0 saturated heterocycles. The maximum absolute atomic E-state index is 10.2. The molecule has 0 heterocycles. The second kappa shape index (κ2) is 3.12. The predicted molar refractivity (Wildman–Crippen MR) is 34.2 cm³/mol. The van der Waals surface area contributed by atoms with Crippen LogP contribution in [0.3, 0.4) is 0 Å². The summed E-state index contributed by atoms with van der Waals surface area (Å²) in [7, 11) is 0. The maximum Gasteiger partial charge on any atom is 0.0635 e. The van der Waals surface area contributed by atoms with Gasteiger partial charge in [0.1, 0.15) is 0 Å². The zero-order valence-electron chi connectivity index (χ0n) is 5.63. The van der Waals surface area contributed by atoms with Crippen LogP contribution in [-0.2, 0) is 0 Å². The highest BCUT2D eigenvalue weighted by Gasteiger charge is 2.20. The van der Waals surface area contributed by atoms with E-state index in [2.05, 4.69) is 0 Å². The van der Waals surface area contributed by atoms with Crippen molar-refractivity contribution in [1.82, 2.24) is 0 Å². The highest BCUT2D eigenvalue weighted by molar-refractivity contribution is 4.86. The van der Waals surface area contributed by atoms with Gasteiger partial charge in [0.25, 0.3) is 0 Å². The van der Waals surface area contributed by atoms with Crippen molar-refractivity contribution in [2.75, 3.05) is 6.61 Å². The molecule has 0 bridgehead atoms. The normalized spacial score (nSPS) is 15.7. The predicted octanol–water partition coefficient (Wildman–Crippen LogP) is -2.30. The van der Waals surface area contributed by atoms with Gasteiger partial charge in [-0.15, -0.1) is 6.61 Å². The number of hydrogen-bond donors (Lipinski definition) is 3. The number of hydrogen-bond acceptors (Lipinski definition) is 4. The third-order valence-corrected chi connectivity index (χ3v) is 1.38. The average molecular weight is 132 g/mol. The van der Waals surface area contributed by atoms with Gasteiger partial charge in [0, 0.05) is 6.04 Å². The van der Waals surface area contributed by atoms with Crippen LogP contribution in [0, 0.1) is 0 Å². The van der Waals surface area contributed by atoms with Crippen molar-refractivity contribution in [2.45, 2.75) is 25.0 Å². The summed E-state index contributed by atoms with van der Waals surface area (Å²) >= 11 is 0. The second-order valence-corrected chi connectivity index (χ2v) is 2.27. The van der Waals surface area contributed by atoms with E-state index < -0.39 is 18.3 Å². The lowest BCUT2D eigenvalue weighted by atomic mass is 10.0. The molecule has 0 rings (SSSR count). The van der Waals surface area contributed by atoms with E-state index in [1.807, 2.05) is 6.92 Å². The third kappa shape index (κ3) is 2.28. The Morgan fingerprint density at radius 3 is 2.11 bits per heavy atom. The van der Waals surface area contributed by atoms with Crippen molar-refractivity contribution in [3.8, 4) is 0 Å². The van der Waals surface area contributed by atoms with Crippen LogP contribution in [0.15, 0.2) is 0 Å². The Balaban J connectivity index is 3.80. The van der Waals surface area contributed by atoms with E-state index in [1.165, 1.54) is 0 Å².